The third-order valence-electron chi connectivity index (χ3n) is 2.77. The summed E-state index contributed by atoms with van der Waals surface area (Å²) in [7, 11) is 0. The number of aromatic nitrogens is 3. The fourth-order valence-corrected chi connectivity index (χ4v) is 1.95. The molecule has 1 amide bonds. The van der Waals surface area contributed by atoms with E-state index in [1.54, 1.807) is 25.1 Å². The summed E-state index contributed by atoms with van der Waals surface area (Å²) >= 11 is 5.94. The van der Waals surface area contributed by atoms with Gasteiger partial charge in [0.25, 0.3) is 5.91 Å². The minimum Gasteiger partial charge on any atom is -0.380 e. The number of nitrogens with one attached hydrogen (secondary N) is 1. The van der Waals surface area contributed by atoms with Gasteiger partial charge in [0.15, 0.2) is 5.69 Å². The van der Waals surface area contributed by atoms with E-state index in [-0.39, 0.29) is 5.91 Å². The summed E-state index contributed by atoms with van der Waals surface area (Å²) in [5.41, 5.74) is 1.56. The Kier molecular flexibility index (Phi) is 5.30. The molecule has 7 heteroatoms. The van der Waals surface area contributed by atoms with Crippen molar-refractivity contribution in [2.45, 2.75) is 13.8 Å². The summed E-state index contributed by atoms with van der Waals surface area (Å²) in [6, 6.07) is 7.13. The molecule has 0 aliphatic rings. The van der Waals surface area contributed by atoms with Gasteiger partial charge in [-0.1, -0.05) is 17.7 Å². The van der Waals surface area contributed by atoms with Crippen LogP contribution < -0.4 is 5.32 Å². The third-order valence-corrected chi connectivity index (χ3v) is 3.01. The van der Waals surface area contributed by atoms with Crippen molar-refractivity contribution in [3.63, 3.8) is 0 Å². The molecule has 0 bridgehead atoms. The summed E-state index contributed by atoms with van der Waals surface area (Å²) in [5, 5.41) is 11.8. The van der Waals surface area contributed by atoms with Crippen molar-refractivity contribution in [3.8, 4) is 5.69 Å². The third kappa shape index (κ3) is 4.03. The molecule has 0 radical (unpaired) electrons. The van der Waals surface area contributed by atoms with Crippen LogP contribution in [0.15, 0.2) is 24.3 Å². The maximum Gasteiger partial charge on any atom is 0.273 e. The molecule has 0 spiro atoms. The van der Waals surface area contributed by atoms with Gasteiger partial charge in [-0.3, -0.25) is 4.79 Å². The molecule has 1 aromatic heterocycles. The standard InChI is InChI=1S/C14H17ClN4O2/c1-3-21-8-7-16-14(20)13-10(2)17-19(18-13)12-6-4-5-11(15)9-12/h4-6,9H,3,7-8H2,1-2H3,(H,16,20). The molecule has 6 nitrogen and oxygen atoms in total. The second-order valence-corrected chi connectivity index (χ2v) is 4.79. The highest BCUT2D eigenvalue weighted by molar-refractivity contribution is 6.30. The van der Waals surface area contributed by atoms with Crippen molar-refractivity contribution in [3.05, 3.63) is 40.7 Å². The highest BCUT2D eigenvalue weighted by Crippen LogP contribution is 2.14. The second-order valence-electron chi connectivity index (χ2n) is 4.36. The molecule has 1 N–H and O–H groups in total. The number of carbonyl (C=O) groups is 1. The van der Waals surface area contributed by atoms with Crippen molar-refractivity contribution >= 4 is 17.5 Å². The maximum absolute atomic E-state index is 12.0. The number of amides is 1. The Bertz CT molecular complexity index is 627. The number of halogens is 1. The molecule has 1 aromatic carbocycles. The van der Waals surface area contributed by atoms with E-state index in [1.165, 1.54) is 4.80 Å². The molecule has 0 aliphatic heterocycles. The van der Waals surface area contributed by atoms with E-state index >= 15 is 0 Å². The van der Waals surface area contributed by atoms with Crippen LogP contribution in [0.4, 0.5) is 0 Å². The number of hydrogen-bond acceptors (Lipinski definition) is 4. The van der Waals surface area contributed by atoms with Crippen LogP contribution in [-0.4, -0.2) is 40.7 Å². The normalized spacial score (nSPS) is 10.6. The molecule has 0 fully saturated rings. The van der Waals surface area contributed by atoms with E-state index < -0.39 is 0 Å². The Labute approximate surface area is 128 Å². The number of nitrogens with zero attached hydrogens (tertiary/aromatic N) is 3. The molecule has 2 aromatic rings. The zero-order valence-electron chi connectivity index (χ0n) is 12.0. The number of benzene rings is 1. The average Bonchev–Trinajstić information content (AvgIpc) is 2.85. The summed E-state index contributed by atoms with van der Waals surface area (Å²) in [4.78, 5) is 13.4. The lowest BCUT2D eigenvalue weighted by Gasteiger charge is -2.03. The number of rotatable bonds is 6. The van der Waals surface area contributed by atoms with Gasteiger partial charge < -0.3 is 10.1 Å². The molecule has 0 aliphatic carbocycles. The average molecular weight is 309 g/mol. The fraction of sp³-hybridized carbons (Fsp3) is 0.357. The lowest BCUT2D eigenvalue weighted by atomic mass is 10.3. The molecular weight excluding hydrogens is 292 g/mol. The van der Waals surface area contributed by atoms with E-state index in [0.29, 0.717) is 41.9 Å². The van der Waals surface area contributed by atoms with Crippen LogP contribution in [0.1, 0.15) is 23.1 Å². The second kappa shape index (κ2) is 7.19. The van der Waals surface area contributed by atoms with Gasteiger partial charge in [-0.05, 0) is 32.0 Å². The van der Waals surface area contributed by atoms with Crippen LogP contribution in [0.2, 0.25) is 5.02 Å². The Morgan fingerprint density at radius 1 is 1.43 bits per heavy atom. The van der Waals surface area contributed by atoms with Gasteiger partial charge in [0.2, 0.25) is 0 Å². The fourth-order valence-electron chi connectivity index (χ4n) is 1.77. The van der Waals surface area contributed by atoms with Crippen molar-refractivity contribution in [1.82, 2.24) is 20.3 Å². The van der Waals surface area contributed by atoms with Crippen molar-refractivity contribution in [1.29, 1.82) is 0 Å². The highest BCUT2D eigenvalue weighted by Gasteiger charge is 2.15. The Morgan fingerprint density at radius 3 is 2.95 bits per heavy atom. The Hall–Kier alpha value is -1.92. The van der Waals surface area contributed by atoms with Crippen molar-refractivity contribution in [2.75, 3.05) is 19.8 Å². The first-order valence-electron chi connectivity index (χ1n) is 6.67. The van der Waals surface area contributed by atoms with Crippen LogP contribution in [0.5, 0.6) is 0 Å². The predicted molar refractivity (Wildman–Crippen MR) is 79.9 cm³/mol. The van der Waals surface area contributed by atoms with E-state index in [9.17, 15) is 4.79 Å². The topological polar surface area (TPSA) is 69.0 Å². The number of hydrogen-bond donors (Lipinski definition) is 1. The zero-order valence-corrected chi connectivity index (χ0v) is 12.7. The van der Waals surface area contributed by atoms with Gasteiger partial charge >= 0.3 is 0 Å². The van der Waals surface area contributed by atoms with Gasteiger partial charge in [0.1, 0.15) is 0 Å². The molecule has 1 heterocycles. The first-order valence-corrected chi connectivity index (χ1v) is 7.05. The summed E-state index contributed by atoms with van der Waals surface area (Å²) in [5.74, 6) is -0.263. The predicted octanol–water partition coefficient (Wildman–Crippen LogP) is 2.00. The first kappa shape index (κ1) is 15.5. The molecule has 21 heavy (non-hydrogen) atoms. The molecule has 0 atom stereocenters. The largest absolute Gasteiger partial charge is 0.380 e. The number of ether oxygens (including phenoxy) is 1. The van der Waals surface area contributed by atoms with E-state index in [1.807, 2.05) is 13.0 Å². The van der Waals surface area contributed by atoms with Crippen LogP contribution in [0.25, 0.3) is 5.69 Å². The van der Waals surface area contributed by atoms with Crippen LogP contribution in [0.3, 0.4) is 0 Å². The Balaban J connectivity index is 2.10. The minimum absolute atomic E-state index is 0.263. The van der Waals surface area contributed by atoms with Crippen LogP contribution in [0, 0.1) is 6.92 Å². The first-order chi connectivity index (χ1) is 10.1. The maximum atomic E-state index is 12.0. The molecule has 0 saturated heterocycles. The molecule has 0 unspecified atom stereocenters. The number of aryl methyl sites for hydroxylation is 1. The lowest BCUT2D eigenvalue weighted by molar-refractivity contribution is 0.0916. The van der Waals surface area contributed by atoms with Crippen molar-refractivity contribution in [2.24, 2.45) is 0 Å². The molecular formula is C14H17ClN4O2. The monoisotopic (exact) mass is 308 g/mol. The van der Waals surface area contributed by atoms with E-state index in [0.717, 1.165) is 0 Å². The smallest absolute Gasteiger partial charge is 0.273 e. The number of carbonyl (C=O) groups excluding carboxylic acids is 1. The summed E-state index contributed by atoms with van der Waals surface area (Å²) < 4.78 is 5.17. The quantitative estimate of drug-likeness (QED) is 0.829. The molecule has 2 rings (SSSR count). The Morgan fingerprint density at radius 2 is 2.24 bits per heavy atom. The summed E-state index contributed by atoms with van der Waals surface area (Å²) in [6.45, 7) is 5.19. The van der Waals surface area contributed by atoms with E-state index in [2.05, 4.69) is 15.5 Å². The van der Waals surface area contributed by atoms with Crippen molar-refractivity contribution < 1.29 is 9.53 Å². The zero-order chi connectivity index (χ0) is 15.2. The molecule has 112 valence electrons. The lowest BCUT2D eigenvalue weighted by Crippen LogP contribution is -2.28. The SMILES string of the molecule is CCOCCNC(=O)c1nn(-c2cccc(Cl)c2)nc1C. The van der Waals surface area contributed by atoms with Crippen LogP contribution >= 0.6 is 11.6 Å². The van der Waals surface area contributed by atoms with Gasteiger partial charge in [-0.2, -0.15) is 9.90 Å². The summed E-state index contributed by atoms with van der Waals surface area (Å²) in [6.07, 6.45) is 0. The molecule has 0 saturated carbocycles. The van der Waals surface area contributed by atoms with E-state index in [4.69, 9.17) is 16.3 Å². The van der Waals surface area contributed by atoms with Gasteiger partial charge in [0, 0.05) is 18.2 Å². The van der Waals surface area contributed by atoms with Crippen LogP contribution in [-0.2, 0) is 4.74 Å². The van der Waals surface area contributed by atoms with Gasteiger partial charge in [-0.25, -0.2) is 0 Å². The highest BCUT2D eigenvalue weighted by atomic mass is 35.5. The minimum atomic E-state index is -0.263. The van der Waals surface area contributed by atoms with Gasteiger partial charge in [-0.15, -0.1) is 5.10 Å². The van der Waals surface area contributed by atoms with Gasteiger partial charge in [0.05, 0.1) is 18.0 Å².